The molecule has 1 fully saturated rings. The molecule has 5 nitrogen and oxygen atoms in total. The van der Waals surface area contributed by atoms with Crippen molar-refractivity contribution >= 4 is 23.6 Å². The Morgan fingerprint density at radius 3 is 2.74 bits per heavy atom. The van der Waals surface area contributed by atoms with Crippen molar-refractivity contribution < 1.29 is 23.8 Å². The van der Waals surface area contributed by atoms with Gasteiger partial charge in [-0.25, -0.2) is 4.39 Å². The summed E-state index contributed by atoms with van der Waals surface area (Å²) in [5, 5.41) is 11.4. The van der Waals surface area contributed by atoms with Gasteiger partial charge in [-0.1, -0.05) is 12.1 Å². The summed E-state index contributed by atoms with van der Waals surface area (Å²) >= 11 is 1.25. The molecule has 23 heavy (non-hydrogen) atoms. The van der Waals surface area contributed by atoms with E-state index in [1.807, 2.05) is 0 Å². The summed E-state index contributed by atoms with van der Waals surface area (Å²) in [6.45, 7) is 1.30. The summed E-state index contributed by atoms with van der Waals surface area (Å²) in [6.07, 6.45) is 1.01. The van der Waals surface area contributed by atoms with Crippen molar-refractivity contribution in [1.82, 2.24) is 5.32 Å². The number of carboxylic acids is 1. The molecule has 0 bridgehead atoms. The van der Waals surface area contributed by atoms with Gasteiger partial charge >= 0.3 is 5.97 Å². The fourth-order valence-corrected chi connectivity index (χ4v) is 3.28. The zero-order valence-electron chi connectivity index (χ0n) is 12.7. The first-order chi connectivity index (χ1) is 11.0. The third-order valence-electron chi connectivity index (χ3n) is 3.92. The lowest BCUT2D eigenvalue weighted by Gasteiger charge is -2.36. The van der Waals surface area contributed by atoms with Gasteiger partial charge in [-0.2, -0.15) is 0 Å². The molecule has 0 saturated carbocycles. The second kappa shape index (κ2) is 8.31. The third-order valence-corrected chi connectivity index (χ3v) is 4.86. The Kier molecular flexibility index (Phi) is 6.41. The molecule has 0 unspecified atom stereocenters. The Morgan fingerprint density at radius 1 is 1.35 bits per heavy atom. The van der Waals surface area contributed by atoms with Crippen LogP contribution in [0.15, 0.2) is 24.3 Å². The predicted molar refractivity (Wildman–Crippen MR) is 86.1 cm³/mol. The van der Waals surface area contributed by atoms with E-state index in [1.54, 1.807) is 12.1 Å². The predicted octanol–water partition coefficient (Wildman–Crippen LogP) is 1.81. The molecule has 1 saturated heterocycles. The second-order valence-electron chi connectivity index (χ2n) is 5.41. The van der Waals surface area contributed by atoms with Crippen LogP contribution in [0.4, 0.5) is 4.39 Å². The van der Waals surface area contributed by atoms with E-state index in [0.717, 1.165) is 0 Å². The number of amides is 1. The lowest BCUT2D eigenvalue weighted by Crippen LogP contribution is -2.48. The average Bonchev–Trinajstić information content (AvgIpc) is 2.54. The standard InChI is InChI=1S/C16H20FNO4S/c17-13-3-1-2-12(10-13)16(4-7-22-8-5-16)15(21)18-6-9-23-11-14(19)20/h1-3,10H,4-9,11H2,(H,18,21)(H,19,20). The molecular formula is C16H20FNO4S. The highest BCUT2D eigenvalue weighted by atomic mass is 32.2. The normalized spacial score (nSPS) is 16.7. The number of benzene rings is 1. The van der Waals surface area contributed by atoms with Gasteiger partial charge in [0.25, 0.3) is 0 Å². The van der Waals surface area contributed by atoms with Gasteiger partial charge in [0, 0.05) is 25.5 Å². The van der Waals surface area contributed by atoms with Crippen molar-refractivity contribution in [2.75, 3.05) is 31.3 Å². The highest BCUT2D eigenvalue weighted by Gasteiger charge is 2.41. The first-order valence-electron chi connectivity index (χ1n) is 7.46. The van der Waals surface area contributed by atoms with Crippen LogP contribution in [0, 0.1) is 5.82 Å². The van der Waals surface area contributed by atoms with Gasteiger partial charge in [0.1, 0.15) is 5.82 Å². The Labute approximate surface area is 138 Å². The van der Waals surface area contributed by atoms with Crippen LogP contribution in [0.25, 0.3) is 0 Å². The quantitative estimate of drug-likeness (QED) is 0.740. The van der Waals surface area contributed by atoms with E-state index in [9.17, 15) is 14.0 Å². The van der Waals surface area contributed by atoms with Crippen LogP contribution in [-0.4, -0.2) is 48.2 Å². The topological polar surface area (TPSA) is 75.6 Å². The number of carboxylic acid groups (broad SMARTS) is 1. The first-order valence-corrected chi connectivity index (χ1v) is 8.62. The number of carbonyl (C=O) groups is 2. The molecule has 1 aliphatic heterocycles. The lowest BCUT2D eigenvalue weighted by atomic mass is 9.73. The molecule has 0 spiro atoms. The highest BCUT2D eigenvalue weighted by molar-refractivity contribution is 7.99. The Morgan fingerprint density at radius 2 is 2.09 bits per heavy atom. The van der Waals surface area contributed by atoms with E-state index in [2.05, 4.69) is 5.32 Å². The zero-order valence-corrected chi connectivity index (χ0v) is 13.5. The van der Waals surface area contributed by atoms with Crippen LogP contribution in [0.3, 0.4) is 0 Å². The smallest absolute Gasteiger partial charge is 0.313 e. The van der Waals surface area contributed by atoms with E-state index >= 15 is 0 Å². The van der Waals surface area contributed by atoms with Gasteiger partial charge in [0.05, 0.1) is 11.2 Å². The van der Waals surface area contributed by atoms with Crippen LogP contribution in [0.5, 0.6) is 0 Å². The van der Waals surface area contributed by atoms with Crippen LogP contribution in [0.1, 0.15) is 18.4 Å². The highest BCUT2D eigenvalue weighted by Crippen LogP contribution is 2.35. The van der Waals surface area contributed by atoms with Gasteiger partial charge in [-0.05, 0) is 30.5 Å². The molecule has 1 aromatic carbocycles. The summed E-state index contributed by atoms with van der Waals surface area (Å²) in [6, 6.07) is 6.14. The van der Waals surface area contributed by atoms with Gasteiger partial charge < -0.3 is 15.2 Å². The molecule has 2 N–H and O–H groups in total. The number of aliphatic carboxylic acids is 1. The molecule has 2 rings (SSSR count). The van der Waals surface area contributed by atoms with Crippen LogP contribution < -0.4 is 5.32 Å². The fourth-order valence-electron chi connectivity index (χ4n) is 2.72. The molecule has 1 heterocycles. The fraction of sp³-hybridized carbons (Fsp3) is 0.500. The van der Waals surface area contributed by atoms with Crippen LogP contribution in [0.2, 0.25) is 0 Å². The molecule has 1 amide bonds. The molecule has 0 radical (unpaired) electrons. The van der Waals surface area contributed by atoms with Crippen molar-refractivity contribution in [2.45, 2.75) is 18.3 Å². The van der Waals surface area contributed by atoms with Crippen LogP contribution >= 0.6 is 11.8 Å². The van der Waals surface area contributed by atoms with Gasteiger partial charge in [-0.15, -0.1) is 11.8 Å². The van der Waals surface area contributed by atoms with Gasteiger partial charge in [0.15, 0.2) is 0 Å². The number of ether oxygens (including phenoxy) is 1. The minimum absolute atomic E-state index is 0.0126. The summed E-state index contributed by atoms with van der Waals surface area (Å²) in [5.41, 5.74) is -0.117. The maximum Gasteiger partial charge on any atom is 0.313 e. The van der Waals surface area contributed by atoms with Gasteiger partial charge in [-0.3, -0.25) is 9.59 Å². The molecule has 126 valence electrons. The van der Waals surface area contributed by atoms with E-state index in [0.29, 0.717) is 43.9 Å². The van der Waals surface area contributed by atoms with E-state index in [1.165, 1.54) is 23.9 Å². The van der Waals surface area contributed by atoms with Gasteiger partial charge in [0.2, 0.25) is 5.91 Å². The molecule has 1 aromatic rings. The van der Waals surface area contributed by atoms with Crippen molar-refractivity contribution in [3.05, 3.63) is 35.6 Å². The Bertz CT molecular complexity index is 561. The maximum absolute atomic E-state index is 13.6. The van der Waals surface area contributed by atoms with Crippen LogP contribution in [-0.2, 0) is 19.7 Å². The number of hydrogen-bond acceptors (Lipinski definition) is 4. The molecule has 0 aliphatic carbocycles. The average molecular weight is 341 g/mol. The van der Waals surface area contributed by atoms with Crippen molar-refractivity contribution in [3.63, 3.8) is 0 Å². The molecule has 0 aromatic heterocycles. The van der Waals surface area contributed by atoms with E-state index in [-0.39, 0.29) is 17.5 Å². The Balaban J connectivity index is 2.03. The molecule has 0 atom stereocenters. The van der Waals surface area contributed by atoms with Crippen molar-refractivity contribution in [1.29, 1.82) is 0 Å². The number of nitrogens with one attached hydrogen (secondary N) is 1. The Hall–Kier alpha value is -1.60. The molecule has 7 heteroatoms. The maximum atomic E-state index is 13.6. The zero-order chi connectivity index (χ0) is 16.7. The number of hydrogen-bond donors (Lipinski definition) is 2. The summed E-state index contributed by atoms with van der Waals surface area (Å²) in [4.78, 5) is 23.2. The number of carbonyl (C=O) groups excluding carboxylic acids is 1. The summed E-state index contributed by atoms with van der Waals surface area (Å²) < 4.78 is 18.9. The van der Waals surface area contributed by atoms with Crippen molar-refractivity contribution in [2.24, 2.45) is 0 Å². The van der Waals surface area contributed by atoms with Crippen molar-refractivity contribution in [3.8, 4) is 0 Å². The van der Waals surface area contributed by atoms with E-state index < -0.39 is 11.4 Å². The first kappa shape index (κ1) is 17.7. The minimum atomic E-state index is -0.873. The monoisotopic (exact) mass is 341 g/mol. The molecular weight excluding hydrogens is 321 g/mol. The number of thioether (sulfide) groups is 1. The SMILES string of the molecule is O=C(O)CSCCNC(=O)C1(c2cccc(F)c2)CCOCC1. The summed E-state index contributed by atoms with van der Waals surface area (Å²) in [5.74, 6) is -0.852. The van der Waals surface area contributed by atoms with E-state index in [4.69, 9.17) is 9.84 Å². The third kappa shape index (κ3) is 4.68. The second-order valence-corrected chi connectivity index (χ2v) is 6.51. The largest absolute Gasteiger partial charge is 0.481 e. The lowest BCUT2D eigenvalue weighted by molar-refractivity contribution is -0.134. The number of halogens is 1. The molecule has 1 aliphatic rings. The number of rotatable bonds is 7. The summed E-state index contributed by atoms with van der Waals surface area (Å²) in [7, 11) is 0. The minimum Gasteiger partial charge on any atom is -0.481 e.